The summed E-state index contributed by atoms with van der Waals surface area (Å²) >= 11 is 0. The molecule has 0 heterocycles. The van der Waals surface area contributed by atoms with Gasteiger partial charge in [0.05, 0.1) is 6.54 Å². The van der Waals surface area contributed by atoms with Gasteiger partial charge in [0, 0.05) is 5.41 Å². The van der Waals surface area contributed by atoms with Gasteiger partial charge in [-0.2, -0.15) is 0 Å². The van der Waals surface area contributed by atoms with Crippen molar-refractivity contribution in [2.75, 3.05) is 6.54 Å². The Balaban J connectivity index is 2.85. The molecular weight excluding hydrogens is 186 g/mol. The number of nitrogens with two attached hydrogens (primary N) is 2. The highest BCUT2D eigenvalue weighted by Crippen LogP contribution is 2.23. The molecule has 0 aliphatic carbocycles. The topological polar surface area (TPSA) is 64.4 Å². The molecule has 0 aliphatic heterocycles. The van der Waals surface area contributed by atoms with Crippen molar-refractivity contribution in [3.63, 3.8) is 0 Å². The van der Waals surface area contributed by atoms with Gasteiger partial charge in [-0.15, -0.1) is 0 Å². The lowest BCUT2D eigenvalue weighted by atomic mass is 9.84. The van der Waals surface area contributed by atoms with Crippen LogP contribution >= 0.6 is 0 Å². The van der Waals surface area contributed by atoms with E-state index in [-0.39, 0.29) is 11.4 Å². The lowest BCUT2D eigenvalue weighted by molar-refractivity contribution is 0.540. The molecule has 0 radical (unpaired) electrons. The van der Waals surface area contributed by atoms with Gasteiger partial charge in [-0.1, -0.05) is 43.7 Å². The minimum atomic E-state index is -0.0301. The summed E-state index contributed by atoms with van der Waals surface area (Å²) in [6, 6.07) is 8.45. The number of nitrogens with zero attached hydrogens (tertiary/aromatic N) is 1. The average Bonchev–Trinajstić information content (AvgIpc) is 2.16. The van der Waals surface area contributed by atoms with E-state index in [2.05, 4.69) is 50.0 Å². The van der Waals surface area contributed by atoms with Gasteiger partial charge >= 0.3 is 0 Å². The molecule has 1 aromatic rings. The fraction of sp³-hybridized carbons (Fsp3) is 0.417. The number of guanidine groups is 1. The summed E-state index contributed by atoms with van der Waals surface area (Å²) in [7, 11) is 0. The van der Waals surface area contributed by atoms with Crippen molar-refractivity contribution in [1.29, 1.82) is 0 Å². The monoisotopic (exact) mass is 205 g/mol. The highest BCUT2D eigenvalue weighted by Gasteiger charge is 2.19. The Labute approximate surface area is 91.2 Å². The zero-order valence-electron chi connectivity index (χ0n) is 9.62. The normalized spacial score (nSPS) is 11.1. The SMILES string of the molecule is Cc1ccc(C(C)(C)CN=C(N)N)cc1. The second-order valence-corrected chi connectivity index (χ2v) is 4.49. The summed E-state index contributed by atoms with van der Waals surface area (Å²) in [6.45, 7) is 6.94. The molecule has 0 atom stereocenters. The Bertz CT molecular complexity index is 346. The standard InChI is InChI=1S/C12H19N3/c1-9-4-6-10(7-5-9)12(2,3)8-15-11(13)14/h4-7H,8H2,1-3H3,(H4,13,14,15). The predicted molar refractivity (Wildman–Crippen MR) is 64.9 cm³/mol. The Kier molecular flexibility index (Phi) is 3.35. The largest absolute Gasteiger partial charge is 0.370 e. The number of hydrogen-bond acceptors (Lipinski definition) is 1. The van der Waals surface area contributed by atoms with Crippen LogP contribution in [-0.4, -0.2) is 12.5 Å². The Morgan fingerprint density at radius 1 is 1.20 bits per heavy atom. The van der Waals surface area contributed by atoms with Crippen molar-refractivity contribution in [3.05, 3.63) is 35.4 Å². The van der Waals surface area contributed by atoms with Gasteiger partial charge in [-0.3, -0.25) is 4.99 Å². The summed E-state index contributed by atoms with van der Waals surface area (Å²) in [5.41, 5.74) is 13.1. The summed E-state index contributed by atoms with van der Waals surface area (Å²) in [6.07, 6.45) is 0. The third-order valence-electron chi connectivity index (χ3n) is 2.49. The van der Waals surface area contributed by atoms with Gasteiger partial charge in [0.2, 0.25) is 0 Å². The molecule has 0 spiro atoms. The molecule has 15 heavy (non-hydrogen) atoms. The smallest absolute Gasteiger partial charge is 0.185 e. The molecule has 0 saturated heterocycles. The minimum absolute atomic E-state index is 0.0301. The molecule has 0 unspecified atom stereocenters. The predicted octanol–water partition coefficient (Wildman–Crippen LogP) is 1.55. The Hall–Kier alpha value is -1.51. The van der Waals surface area contributed by atoms with E-state index in [4.69, 9.17) is 11.5 Å². The van der Waals surface area contributed by atoms with Crippen LogP contribution in [0.4, 0.5) is 0 Å². The quantitative estimate of drug-likeness (QED) is 0.581. The lowest BCUT2D eigenvalue weighted by Crippen LogP contribution is -2.28. The molecule has 4 N–H and O–H groups in total. The Morgan fingerprint density at radius 2 is 1.73 bits per heavy atom. The van der Waals surface area contributed by atoms with E-state index < -0.39 is 0 Å². The molecule has 0 bridgehead atoms. The van der Waals surface area contributed by atoms with Gasteiger partial charge < -0.3 is 11.5 Å². The summed E-state index contributed by atoms with van der Waals surface area (Å²) in [4.78, 5) is 4.07. The number of aliphatic imine (C=N–C) groups is 1. The van der Waals surface area contributed by atoms with Crippen molar-refractivity contribution < 1.29 is 0 Å². The van der Waals surface area contributed by atoms with Gasteiger partial charge in [0.15, 0.2) is 5.96 Å². The first-order valence-electron chi connectivity index (χ1n) is 5.04. The first-order chi connectivity index (χ1) is 6.92. The minimum Gasteiger partial charge on any atom is -0.370 e. The molecular formula is C12H19N3. The van der Waals surface area contributed by atoms with E-state index >= 15 is 0 Å². The van der Waals surface area contributed by atoms with Crippen LogP contribution < -0.4 is 11.5 Å². The van der Waals surface area contributed by atoms with Gasteiger partial charge in [-0.25, -0.2) is 0 Å². The van der Waals surface area contributed by atoms with Crippen LogP contribution in [0.15, 0.2) is 29.3 Å². The first-order valence-corrected chi connectivity index (χ1v) is 5.04. The van der Waals surface area contributed by atoms with E-state index in [1.807, 2.05) is 0 Å². The third kappa shape index (κ3) is 3.27. The van der Waals surface area contributed by atoms with E-state index in [0.29, 0.717) is 6.54 Å². The maximum Gasteiger partial charge on any atom is 0.185 e. The number of aryl methyl sites for hydroxylation is 1. The lowest BCUT2D eigenvalue weighted by Gasteiger charge is -2.23. The fourth-order valence-electron chi connectivity index (χ4n) is 1.38. The molecule has 0 fully saturated rings. The number of hydrogen-bond donors (Lipinski definition) is 2. The highest BCUT2D eigenvalue weighted by molar-refractivity contribution is 5.75. The highest BCUT2D eigenvalue weighted by atomic mass is 15.0. The van der Waals surface area contributed by atoms with Crippen LogP contribution in [0.25, 0.3) is 0 Å². The number of benzene rings is 1. The first kappa shape index (κ1) is 11.6. The van der Waals surface area contributed by atoms with E-state index in [0.717, 1.165) is 0 Å². The summed E-state index contributed by atoms with van der Waals surface area (Å²) < 4.78 is 0. The second-order valence-electron chi connectivity index (χ2n) is 4.49. The van der Waals surface area contributed by atoms with Crippen molar-refractivity contribution in [3.8, 4) is 0 Å². The van der Waals surface area contributed by atoms with Crippen molar-refractivity contribution in [2.45, 2.75) is 26.2 Å². The van der Waals surface area contributed by atoms with Gasteiger partial charge in [-0.05, 0) is 12.5 Å². The zero-order valence-corrected chi connectivity index (χ0v) is 9.62. The molecule has 1 aromatic carbocycles. The van der Waals surface area contributed by atoms with E-state index in [1.54, 1.807) is 0 Å². The fourth-order valence-corrected chi connectivity index (χ4v) is 1.38. The second kappa shape index (κ2) is 4.34. The van der Waals surface area contributed by atoms with E-state index in [9.17, 15) is 0 Å². The van der Waals surface area contributed by atoms with Crippen LogP contribution in [0.2, 0.25) is 0 Å². The van der Waals surface area contributed by atoms with Crippen molar-refractivity contribution >= 4 is 5.96 Å². The van der Waals surface area contributed by atoms with Crippen LogP contribution in [0.5, 0.6) is 0 Å². The third-order valence-corrected chi connectivity index (χ3v) is 2.49. The van der Waals surface area contributed by atoms with Crippen LogP contribution in [0, 0.1) is 6.92 Å². The molecule has 0 saturated carbocycles. The molecule has 3 nitrogen and oxygen atoms in total. The zero-order chi connectivity index (χ0) is 11.5. The maximum absolute atomic E-state index is 5.33. The molecule has 3 heteroatoms. The van der Waals surface area contributed by atoms with Gasteiger partial charge in [0.1, 0.15) is 0 Å². The summed E-state index contributed by atoms with van der Waals surface area (Å²) in [5, 5.41) is 0. The summed E-state index contributed by atoms with van der Waals surface area (Å²) in [5.74, 6) is 0.148. The number of rotatable bonds is 3. The van der Waals surface area contributed by atoms with Crippen LogP contribution in [0.3, 0.4) is 0 Å². The molecule has 82 valence electrons. The molecule has 0 aromatic heterocycles. The molecule has 0 amide bonds. The maximum atomic E-state index is 5.33. The van der Waals surface area contributed by atoms with Crippen molar-refractivity contribution in [1.82, 2.24) is 0 Å². The molecule has 1 rings (SSSR count). The van der Waals surface area contributed by atoms with E-state index in [1.165, 1.54) is 11.1 Å². The Morgan fingerprint density at radius 3 is 2.20 bits per heavy atom. The van der Waals surface area contributed by atoms with Crippen molar-refractivity contribution in [2.24, 2.45) is 16.5 Å². The molecule has 0 aliphatic rings. The van der Waals surface area contributed by atoms with Gasteiger partial charge in [0.25, 0.3) is 0 Å². The van der Waals surface area contributed by atoms with Crippen LogP contribution in [0.1, 0.15) is 25.0 Å². The van der Waals surface area contributed by atoms with Crippen LogP contribution in [-0.2, 0) is 5.41 Å². The average molecular weight is 205 g/mol.